The van der Waals surface area contributed by atoms with Crippen molar-refractivity contribution in [2.24, 2.45) is 5.92 Å². The minimum Gasteiger partial charge on any atom is -0.393 e. The molecule has 1 aromatic rings. The van der Waals surface area contributed by atoms with Crippen LogP contribution < -0.4 is 5.32 Å². The highest BCUT2D eigenvalue weighted by molar-refractivity contribution is 6.59. The number of fused-ring (bicyclic) bond motifs is 1. The largest absolute Gasteiger partial charge is 0.393 e. The number of allylic oxidation sites excluding steroid dienone is 3. The number of benzene rings is 1. The quantitative estimate of drug-likeness (QED) is 0.314. The standard InChI is InChI=1S/C28H42BN/c1-6-23(4)30-28-19-25-16-11-17-26(27(25)20-29(28)5)22(3)13-10-12-21(2)18-24-14-8-7-9-15-24/h11,16-17,24,28,30H,2-4,6-10,12-15,18-20H2,1,5H3. The van der Waals surface area contributed by atoms with Crippen molar-refractivity contribution in [1.29, 1.82) is 0 Å². The van der Waals surface area contributed by atoms with Crippen molar-refractivity contribution in [2.45, 2.75) is 96.6 Å². The van der Waals surface area contributed by atoms with E-state index in [1.54, 1.807) is 0 Å². The van der Waals surface area contributed by atoms with Crippen LogP contribution >= 0.6 is 0 Å². The Morgan fingerprint density at radius 2 is 1.87 bits per heavy atom. The lowest BCUT2D eigenvalue weighted by Crippen LogP contribution is -2.46. The monoisotopic (exact) mass is 403 g/mol. The first-order valence-electron chi connectivity index (χ1n) is 12.4. The first-order valence-corrected chi connectivity index (χ1v) is 12.4. The van der Waals surface area contributed by atoms with Gasteiger partial charge in [0.05, 0.1) is 0 Å². The molecule has 0 amide bonds. The average molecular weight is 403 g/mol. The fraction of sp³-hybridized carbons (Fsp3) is 0.571. The van der Waals surface area contributed by atoms with Crippen LogP contribution in [-0.4, -0.2) is 12.7 Å². The third-order valence-corrected chi connectivity index (χ3v) is 7.43. The predicted octanol–water partition coefficient (Wildman–Crippen LogP) is 7.58. The molecule has 2 aliphatic rings. The normalized spacial score (nSPS) is 19.3. The highest BCUT2D eigenvalue weighted by Crippen LogP contribution is 2.33. The Balaban J connectivity index is 1.54. The van der Waals surface area contributed by atoms with Crippen LogP contribution in [0.3, 0.4) is 0 Å². The Hall–Kier alpha value is -1.70. The summed E-state index contributed by atoms with van der Waals surface area (Å²) in [5.74, 6) is 1.40. The summed E-state index contributed by atoms with van der Waals surface area (Å²) in [5, 5.41) is 3.66. The van der Waals surface area contributed by atoms with Crippen molar-refractivity contribution >= 4 is 12.3 Å². The van der Waals surface area contributed by atoms with Gasteiger partial charge in [-0.15, -0.1) is 0 Å². The van der Waals surface area contributed by atoms with E-state index in [1.165, 1.54) is 72.8 Å². The molecule has 2 heteroatoms. The molecule has 3 rings (SSSR count). The fourth-order valence-corrected chi connectivity index (χ4v) is 5.45. The van der Waals surface area contributed by atoms with Crippen molar-refractivity contribution in [3.63, 3.8) is 0 Å². The van der Waals surface area contributed by atoms with Gasteiger partial charge < -0.3 is 5.32 Å². The minimum atomic E-state index is 0.497. The van der Waals surface area contributed by atoms with E-state index in [0.717, 1.165) is 43.6 Å². The summed E-state index contributed by atoms with van der Waals surface area (Å²) in [6, 6.07) is 6.83. The third-order valence-electron chi connectivity index (χ3n) is 7.43. The molecule has 0 spiro atoms. The molecule has 1 aliphatic heterocycles. The van der Waals surface area contributed by atoms with E-state index in [4.69, 9.17) is 0 Å². The van der Waals surface area contributed by atoms with E-state index in [1.807, 2.05) is 0 Å². The van der Waals surface area contributed by atoms with Crippen LogP contribution in [0.5, 0.6) is 0 Å². The highest BCUT2D eigenvalue weighted by atomic mass is 14.9. The molecule has 1 atom stereocenters. The van der Waals surface area contributed by atoms with E-state index in [-0.39, 0.29) is 0 Å². The third kappa shape index (κ3) is 6.16. The Morgan fingerprint density at radius 3 is 2.60 bits per heavy atom. The molecule has 1 fully saturated rings. The Labute approximate surface area is 186 Å². The van der Waals surface area contributed by atoms with E-state index >= 15 is 0 Å². The van der Waals surface area contributed by atoms with Crippen molar-refractivity contribution in [2.75, 3.05) is 0 Å². The Bertz CT molecular complexity index is 756. The van der Waals surface area contributed by atoms with Crippen LogP contribution in [0.25, 0.3) is 5.57 Å². The zero-order chi connectivity index (χ0) is 21.5. The maximum atomic E-state index is 4.49. The predicted molar refractivity (Wildman–Crippen MR) is 135 cm³/mol. The first kappa shape index (κ1) is 23.0. The fourth-order valence-electron chi connectivity index (χ4n) is 5.45. The summed E-state index contributed by atoms with van der Waals surface area (Å²) in [6.07, 6.45) is 15.0. The van der Waals surface area contributed by atoms with Gasteiger partial charge in [0.1, 0.15) is 0 Å². The molecule has 1 N–H and O–H groups in total. The molecular weight excluding hydrogens is 361 g/mol. The second-order valence-electron chi connectivity index (χ2n) is 9.95. The van der Waals surface area contributed by atoms with Gasteiger partial charge in [-0.25, -0.2) is 0 Å². The van der Waals surface area contributed by atoms with Crippen LogP contribution in [-0.2, 0) is 12.7 Å². The summed E-state index contributed by atoms with van der Waals surface area (Å²) in [7, 11) is 0. The topological polar surface area (TPSA) is 12.0 Å². The van der Waals surface area contributed by atoms with Gasteiger partial charge in [-0.2, -0.15) is 0 Å². The van der Waals surface area contributed by atoms with Crippen molar-refractivity contribution < 1.29 is 0 Å². The maximum Gasteiger partial charge on any atom is 0.168 e. The second kappa shape index (κ2) is 11.1. The highest BCUT2D eigenvalue weighted by Gasteiger charge is 2.29. The SMILES string of the molecule is C=C(CCCC(=C)c1cccc2c1CB(C)C(NC(=C)CC)C2)CC1CCCCC1. The van der Waals surface area contributed by atoms with Crippen molar-refractivity contribution in [3.05, 3.63) is 65.9 Å². The summed E-state index contributed by atoms with van der Waals surface area (Å²) in [6.45, 7) is 18.2. The second-order valence-corrected chi connectivity index (χ2v) is 9.95. The van der Waals surface area contributed by atoms with E-state index in [9.17, 15) is 0 Å². The average Bonchev–Trinajstić information content (AvgIpc) is 2.74. The zero-order valence-electron chi connectivity index (χ0n) is 19.6. The number of rotatable bonds is 10. The molecule has 1 aromatic carbocycles. The van der Waals surface area contributed by atoms with Gasteiger partial charge >= 0.3 is 0 Å². The van der Waals surface area contributed by atoms with Gasteiger partial charge in [-0.3, -0.25) is 0 Å². The molecule has 0 saturated heterocycles. The molecule has 0 bridgehead atoms. The summed E-state index contributed by atoms with van der Waals surface area (Å²) in [5.41, 5.74) is 8.37. The molecule has 1 unspecified atom stereocenters. The maximum absolute atomic E-state index is 4.49. The minimum absolute atomic E-state index is 0.497. The van der Waals surface area contributed by atoms with Gasteiger partial charge in [0.15, 0.2) is 6.71 Å². The Kier molecular flexibility index (Phi) is 8.48. The van der Waals surface area contributed by atoms with Crippen molar-refractivity contribution in [1.82, 2.24) is 5.32 Å². The van der Waals surface area contributed by atoms with E-state index < -0.39 is 0 Å². The van der Waals surface area contributed by atoms with Crippen LogP contribution in [0, 0.1) is 5.92 Å². The van der Waals surface area contributed by atoms with Gasteiger partial charge in [0.2, 0.25) is 0 Å². The Morgan fingerprint density at radius 1 is 1.10 bits per heavy atom. The van der Waals surface area contributed by atoms with Crippen LogP contribution in [0.15, 0.2) is 49.2 Å². The number of hydrogen-bond donors (Lipinski definition) is 1. The van der Waals surface area contributed by atoms with Gasteiger partial charge in [-0.05, 0) is 73.0 Å². The molecule has 1 heterocycles. The van der Waals surface area contributed by atoms with Gasteiger partial charge in [-0.1, -0.05) is 89.4 Å². The number of hydrogen-bond acceptors (Lipinski definition) is 1. The molecule has 1 saturated carbocycles. The van der Waals surface area contributed by atoms with Crippen LogP contribution in [0.2, 0.25) is 6.82 Å². The van der Waals surface area contributed by atoms with Gasteiger partial charge in [0, 0.05) is 11.6 Å². The molecule has 1 aliphatic carbocycles. The molecule has 0 aromatic heterocycles. The summed E-state index contributed by atoms with van der Waals surface area (Å²) in [4.78, 5) is 0. The summed E-state index contributed by atoms with van der Waals surface area (Å²) < 4.78 is 0. The number of nitrogens with one attached hydrogen (secondary N) is 1. The lowest BCUT2D eigenvalue weighted by Gasteiger charge is -2.32. The molecule has 0 radical (unpaired) electrons. The molecule has 1 nitrogen and oxygen atoms in total. The van der Waals surface area contributed by atoms with E-state index in [2.05, 4.69) is 57.0 Å². The van der Waals surface area contributed by atoms with Crippen LogP contribution in [0.4, 0.5) is 0 Å². The lowest BCUT2D eigenvalue weighted by atomic mass is 9.39. The van der Waals surface area contributed by atoms with Crippen LogP contribution in [0.1, 0.15) is 87.8 Å². The molecular formula is C28H42BN. The first-order chi connectivity index (χ1) is 14.5. The van der Waals surface area contributed by atoms with Gasteiger partial charge in [0.25, 0.3) is 0 Å². The smallest absolute Gasteiger partial charge is 0.168 e. The zero-order valence-corrected chi connectivity index (χ0v) is 19.6. The van der Waals surface area contributed by atoms with Crippen molar-refractivity contribution in [3.8, 4) is 0 Å². The summed E-state index contributed by atoms with van der Waals surface area (Å²) >= 11 is 0. The molecule has 162 valence electrons. The van der Waals surface area contributed by atoms with E-state index in [0.29, 0.717) is 12.7 Å². The lowest BCUT2D eigenvalue weighted by molar-refractivity contribution is 0.353. The molecule has 30 heavy (non-hydrogen) atoms.